The quantitative estimate of drug-likeness (QED) is 0.775. The Balaban J connectivity index is 1.51. The highest BCUT2D eigenvalue weighted by atomic mass is 16.2. The maximum Gasteiger partial charge on any atom is 0.321 e. The molecule has 6 nitrogen and oxygen atoms in total. The van der Waals surface area contributed by atoms with Crippen molar-refractivity contribution >= 4 is 23.0 Å². The molecule has 1 heterocycles. The van der Waals surface area contributed by atoms with E-state index in [9.17, 15) is 9.59 Å². The van der Waals surface area contributed by atoms with Crippen molar-refractivity contribution in [1.29, 1.82) is 0 Å². The number of carbonyl (C=O) groups is 2. The zero-order chi connectivity index (χ0) is 16.1. The summed E-state index contributed by atoms with van der Waals surface area (Å²) in [5, 5.41) is 4.97. The van der Waals surface area contributed by atoms with Crippen LogP contribution >= 0.6 is 0 Å². The molecular formula is C17H16N4O2. The molecule has 0 saturated heterocycles. The molecule has 116 valence electrons. The van der Waals surface area contributed by atoms with Gasteiger partial charge in [0.1, 0.15) is 0 Å². The second-order valence-electron chi connectivity index (χ2n) is 5.00. The molecule has 0 unspecified atom stereocenters. The Morgan fingerprint density at radius 3 is 2.57 bits per heavy atom. The van der Waals surface area contributed by atoms with Gasteiger partial charge in [0.2, 0.25) is 0 Å². The van der Waals surface area contributed by atoms with Crippen LogP contribution in [0.4, 0.5) is 4.79 Å². The van der Waals surface area contributed by atoms with Crippen LogP contribution in [-0.4, -0.2) is 28.0 Å². The van der Waals surface area contributed by atoms with Gasteiger partial charge in [-0.25, -0.2) is 9.78 Å². The number of nitrogens with one attached hydrogen (secondary N) is 2. The number of amides is 3. The Bertz CT molecular complexity index is 827. The molecule has 2 aromatic carbocycles. The number of fused-ring (bicyclic) bond motifs is 1. The largest absolute Gasteiger partial charge is 0.336 e. The Kier molecular flexibility index (Phi) is 4.33. The van der Waals surface area contributed by atoms with Gasteiger partial charge in [0.15, 0.2) is 0 Å². The van der Waals surface area contributed by atoms with Crippen molar-refractivity contribution in [2.24, 2.45) is 0 Å². The average Bonchev–Trinajstić information content (AvgIpc) is 2.99. The van der Waals surface area contributed by atoms with Crippen LogP contribution < -0.4 is 10.6 Å². The first-order chi connectivity index (χ1) is 11.2. The molecule has 0 aliphatic rings. The predicted molar refractivity (Wildman–Crippen MR) is 87.0 cm³/mol. The highest BCUT2D eigenvalue weighted by molar-refractivity contribution is 6.04. The number of imide groups is 1. The van der Waals surface area contributed by atoms with Crippen LogP contribution in [0.5, 0.6) is 0 Å². The lowest BCUT2D eigenvalue weighted by Gasteiger charge is -2.08. The average molecular weight is 308 g/mol. The molecule has 3 amide bonds. The van der Waals surface area contributed by atoms with E-state index in [2.05, 4.69) is 15.6 Å². The first kappa shape index (κ1) is 14.8. The van der Waals surface area contributed by atoms with Crippen molar-refractivity contribution in [3.63, 3.8) is 0 Å². The minimum Gasteiger partial charge on any atom is -0.336 e. The van der Waals surface area contributed by atoms with E-state index < -0.39 is 11.9 Å². The minimum atomic E-state index is -0.511. The fraction of sp³-hybridized carbons (Fsp3) is 0.118. The zero-order valence-corrected chi connectivity index (χ0v) is 12.4. The zero-order valence-electron chi connectivity index (χ0n) is 12.4. The Hall–Kier alpha value is -3.15. The van der Waals surface area contributed by atoms with Crippen LogP contribution in [0.25, 0.3) is 11.0 Å². The van der Waals surface area contributed by atoms with Gasteiger partial charge in [-0.1, -0.05) is 30.3 Å². The van der Waals surface area contributed by atoms with E-state index in [0.29, 0.717) is 18.7 Å². The summed E-state index contributed by atoms with van der Waals surface area (Å²) in [7, 11) is 0. The molecule has 0 aliphatic carbocycles. The number of nitrogens with zero attached hydrogens (tertiary/aromatic N) is 2. The monoisotopic (exact) mass is 308 g/mol. The summed E-state index contributed by atoms with van der Waals surface area (Å²) in [5.41, 5.74) is 2.37. The van der Waals surface area contributed by atoms with Gasteiger partial charge in [-0.2, -0.15) is 0 Å². The summed E-state index contributed by atoms with van der Waals surface area (Å²) in [6.45, 7) is 0.974. The smallest absolute Gasteiger partial charge is 0.321 e. The van der Waals surface area contributed by atoms with Gasteiger partial charge >= 0.3 is 6.03 Å². The van der Waals surface area contributed by atoms with Gasteiger partial charge in [-0.05, 0) is 24.3 Å². The number of hydrogen-bond donors (Lipinski definition) is 2. The van der Waals surface area contributed by atoms with Crippen molar-refractivity contribution in [3.8, 4) is 0 Å². The molecule has 0 spiro atoms. The number of para-hydroxylation sites is 2. The fourth-order valence-corrected chi connectivity index (χ4v) is 2.29. The number of aromatic nitrogens is 2. The van der Waals surface area contributed by atoms with Gasteiger partial charge in [0, 0.05) is 18.7 Å². The maximum atomic E-state index is 11.8. The summed E-state index contributed by atoms with van der Waals surface area (Å²) in [6.07, 6.45) is 1.74. The lowest BCUT2D eigenvalue weighted by Crippen LogP contribution is -2.40. The number of urea groups is 1. The molecule has 1 aromatic heterocycles. The third kappa shape index (κ3) is 3.55. The van der Waals surface area contributed by atoms with Gasteiger partial charge in [-0.3, -0.25) is 10.1 Å². The molecule has 0 aliphatic heterocycles. The maximum absolute atomic E-state index is 11.8. The van der Waals surface area contributed by atoms with E-state index in [0.717, 1.165) is 11.0 Å². The van der Waals surface area contributed by atoms with Crippen LogP contribution in [0.15, 0.2) is 60.9 Å². The van der Waals surface area contributed by atoms with E-state index in [1.165, 1.54) is 0 Å². The molecule has 0 atom stereocenters. The third-order valence-electron chi connectivity index (χ3n) is 3.43. The highest BCUT2D eigenvalue weighted by Crippen LogP contribution is 2.10. The number of rotatable bonds is 4. The molecule has 2 N–H and O–H groups in total. The number of hydrogen-bond acceptors (Lipinski definition) is 3. The summed E-state index contributed by atoms with van der Waals surface area (Å²) in [6, 6.07) is 15.9. The summed E-state index contributed by atoms with van der Waals surface area (Å²) in [5.74, 6) is -0.420. The molecule has 0 bridgehead atoms. The Labute approximate surface area is 133 Å². The van der Waals surface area contributed by atoms with Crippen molar-refractivity contribution < 1.29 is 9.59 Å². The van der Waals surface area contributed by atoms with Gasteiger partial charge < -0.3 is 9.88 Å². The van der Waals surface area contributed by atoms with Gasteiger partial charge in [0.25, 0.3) is 5.91 Å². The van der Waals surface area contributed by atoms with Gasteiger partial charge in [0.05, 0.1) is 17.4 Å². The van der Waals surface area contributed by atoms with E-state index in [4.69, 9.17) is 0 Å². The molecule has 0 saturated carbocycles. The standard InChI is InChI=1S/C17H16N4O2/c22-16(13-6-2-1-3-7-13)20-17(23)18-10-11-21-12-19-14-8-4-5-9-15(14)21/h1-9,12H,10-11H2,(H2,18,20,22,23). The summed E-state index contributed by atoms with van der Waals surface area (Å²) >= 11 is 0. The van der Waals surface area contributed by atoms with Gasteiger partial charge in [-0.15, -0.1) is 0 Å². The first-order valence-corrected chi connectivity index (χ1v) is 7.28. The van der Waals surface area contributed by atoms with E-state index in [1.807, 2.05) is 34.9 Å². The Morgan fingerprint density at radius 1 is 1.00 bits per heavy atom. The van der Waals surface area contributed by atoms with Crippen LogP contribution in [0.2, 0.25) is 0 Å². The molecule has 3 rings (SSSR count). The van der Waals surface area contributed by atoms with Crippen LogP contribution in [0.1, 0.15) is 10.4 Å². The molecule has 0 fully saturated rings. The van der Waals surface area contributed by atoms with E-state index in [-0.39, 0.29) is 0 Å². The minimum absolute atomic E-state index is 0.397. The molecule has 0 radical (unpaired) electrons. The van der Waals surface area contributed by atoms with E-state index >= 15 is 0 Å². The third-order valence-corrected chi connectivity index (χ3v) is 3.43. The molecular weight excluding hydrogens is 292 g/mol. The van der Waals surface area contributed by atoms with Crippen molar-refractivity contribution in [1.82, 2.24) is 20.2 Å². The number of benzene rings is 2. The normalized spacial score (nSPS) is 10.4. The van der Waals surface area contributed by atoms with Crippen LogP contribution in [0.3, 0.4) is 0 Å². The van der Waals surface area contributed by atoms with Crippen molar-refractivity contribution in [2.75, 3.05) is 6.54 Å². The lowest BCUT2D eigenvalue weighted by atomic mass is 10.2. The van der Waals surface area contributed by atoms with E-state index in [1.54, 1.807) is 30.6 Å². The first-order valence-electron chi connectivity index (χ1n) is 7.28. The number of carbonyl (C=O) groups excluding carboxylic acids is 2. The molecule has 6 heteroatoms. The topological polar surface area (TPSA) is 76.0 Å². The SMILES string of the molecule is O=C(NCCn1cnc2ccccc21)NC(=O)c1ccccc1. The van der Waals surface area contributed by atoms with Crippen LogP contribution in [0, 0.1) is 0 Å². The second-order valence-corrected chi connectivity index (χ2v) is 5.00. The van der Waals surface area contributed by atoms with Crippen LogP contribution in [-0.2, 0) is 6.54 Å². The van der Waals surface area contributed by atoms with Crippen molar-refractivity contribution in [2.45, 2.75) is 6.54 Å². The van der Waals surface area contributed by atoms with Crippen molar-refractivity contribution in [3.05, 3.63) is 66.5 Å². The summed E-state index contributed by atoms with van der Waals surface area (Å²) < 4.78 is 1.95. The number of imidazole rings is 1. The summed E-state index contributed by atoms with van der Waals surface area (Å²) in [4.78, 5) is 27.9. The predicted octanol–water partition coefficient (Wildman–Crippen LogP) is 2.18. The fourth-order valence-electron chi connectivity index (χ4n) is 2.29. The second kappa shape index (κ2) is 6.74. The lowest BCUT2D eigenvalue weighted by molar-refractivity contribution is 0.0964. The Morgan fingerprint density at radius 2 is 1.74 bits per heavy atom. The highest BCUT2D eigenvalue weighted by Gasteiger charge is 2.09. The molecule has 3 aromatic rings. The molecule has 23 heavy (non-hydrogen) atoms.